The van der Waals surface area contributed by atoms with Crippen molar-refractivity contribution >= 4 is 20.9 Å². The molecule has 1 fully saturated rings. The van der Waals surface area contributed by atoms with Gasteiger partial charge in [0, 0.05) is 60.3 Å². The van der Waals surface area contributed by atoms with Crippen LogP contribution in [-0.4, -0.2) is 42.9 Å². The molecule has 164 valence electrons. The minimum atomic E-state index is -3.62. The van der Waals surface area contributed by atoms with Crippen LogP contribution < -0.4 is 5.73 Å². The molecule has 1 saturated carbocycles. The molecule has 3 aromatic rings. The fraction of sp³-hybridized carbons (Fsp3) is 0.348. The quantitative estimate of drug-likeness (QED) is 0.609. The molecule has 1 aromatic carbocycles. The molecule has 0 spiro atoms. The normalized spacial score (nSPS) is 15.2. The maximum atomic E-state index is 14.4. The minimum absolute atomic E-state index is 0.115. The molecule has 0 aliphatic heterocycles. The highest BCUT2D eigenvalue weighted by atomic mass is 32.2. The summed E-state index contributed by atoms with van der Waals surface area (Å²) in [5.41, 5.74) is 8.36. The summed E-state index contributed by atoms with van der Waals surface area (Å²) in [4.78, 5) is 4.35. The summed E-state index contributed by atoms with van der Waals surface area (Å²) >= 11 is 0. The molecule has 4 rings (SSSR count). The number of nitrogens with zero attached hydrogens (tertiary/aromatic N) is 3. The van der Waals surface area contributed by atoms with Crippen LogP contribution in [0.15, 0.2) is 53.5 Å². The monoisotopic (exact) mass is 443 g/mol. The van der Waals surface area contributed by atoms with Gasteiger partial charge in [-0.05, 0) is 49.4 Å². The standard InChI is InChI=1S/C23H27FN4O2S/c1-15-23(18-10-20(13-26-12-18)31(29,30)27(2)3)21-11-17(16-4-5-16)6-7-22(21)28(15)14-19(24)8-9-25/h6-8,10-13,16H,4-5,9,14,25H2,1-3H3/p+1/b19-8-. The second-order valence-corrected chi connectivity index (χ2v) is 10.4. The molecule has 1 aliphatic carbocycles. The Morgan fingerprint density at radius 3 is 2.68 bits per heavy atom. The van der Waals surface area contributed by atoms with Crippen molar-refractivity contribution < 1.29 is 18.5 Å². The van der Waals surface area contributed by atoms with Gasteiger partial charge in [0.05, 0.1) is 13.1 Å². The van der Waals surface area contributed by atoms with Gasteiger partial charge >= 0.3 is 0 Å². The topological polar surface area (TPSA) is 82.8 Å². The van der Waals surface area contributed by atoms with E-state index in [1.54, 1.807) is 12.3 Å². The van der Waals surface area contributed by atoms with Crippen molar-refractivity contribution in [1.82, 2.24) is 13.9 Å². The number of halogens is 1. The molecule has 0 saturated heterocycles. The van der Waals surface area contributed by atoms with Crippen LogP contribution in [0.3, 0.4) is 0 Å². The number of hydrogen-bond donors (Lipinski definition) is 1. The molecule has 6 nitrogen and oxygen atoms in total. The number of benzene rings is 1. The first-order chi connectivity index (χ1) is 14.7. The summed E-state index contributed by atoms with van der Waals surface area (Å²) in [6.45, 7) is 2.44. The predicted octanol–water partition coefficient (Wildman–Crippen LogP) is 3.23. The molecule has 8 heteroatoms. The van der Waals surface area contributed by atoms with Gasteiger partial charge in [0.25, 0.3) is 0 Å². The van der Waals surface area contributed by atoms with E-state index in [-0.39, 0.29) is 17.3 Å². The van der Waals surface area contributed by atoms with Crippen LogP contribution in [0.1, 0.15) is 30.0 Å². The Hall–Kier alpha value is -2.55. The van der Waals surface area contributed by atoms with Crippen LogP contribution in [0.2, 0.25) is 0 Å². The molecule has 1 aliphatic rings. The Kier molecular flexibility index (Phi) is 5.72. The van der Waals surface area contributed by atoms with E-state index in [0.717, 1.165) is 22.2 Å². The van der Waals surface area contributed by atoms with Crippen LogP contribution in [0, 0.1) is 6.92 Å². The molecule has 0 radical (unpaired) electrons. The summed E-state index contributed by atoms with van der Waals surface area (Å²) in [7, 11) is -0.619. The zero-order valence-corrected chi connectivity index (χ0v) is 18.9. The second kappa shape index (κ2) is 8.18. The first-order valence-electron chi connectivity index (χ1n) is 10.4. The van der Waals surface area contributed by atoms with Crippen molar-refractivity contribution in [2.75, 3.05) is 20.6 Å². The lowest BCUT2D eigenvalue weighted by Crippen LogP contribution is -2.49. The van der Waals surface area contributed by atoms with Crippen LogP contribution >= 0.6 is 0 Å². The van der Waals surface area contributed by atoms with Crippen molar-refractivity contribution in [2.45, 2.75) is 37.1 Å². The number of rotatable bonds is 7. The number of aromatic nitrogens is 2. The number of pyridine rings is 1. The van der Waals surface area contributed by atoms with Gasteiger partial charge in [-0.15, -0.1) is 0 Å². The van der Waals surface area contributed by atoms with E-state index in [0.29, 0.717) is 18.0 Å². The predicted molar refractivity (Wildman–Crippen MR) is 120 cm³/mol. The van der Waals surface area contributed by atoms with Gasteiger partial charge in [-0.3, -0.25) is 4.98 Å². The molecular weight excluding hydrogens is 415 g/mol. The fourth-order valence-corrected chi connectivity index (χ4v) is 4.91. The van der Waals surface area contributed by atoms with Crippen molar-refractivity contribution in [3.8, 4) is 11.1 Å². The van der Waals surface area contributed by atoms with Crippen molar-refractivity contribution in [2.24, 2.45) is 0 Å². The van der Waals surface area contributed by atoms with Gasteiger partial charge in [-0.25, -0.2) is 17.1 Å². The van der Waals surface area contributed by atoms with Crippen LogP contribution in [0.25, 0.3) is 22.0 Å². The number of quaternary nitrogens is 1. The zero-order chi connectivity index (χ0) is 22.3. The average Bonchev–Trinajstić information content (AvgIpc) is 3.54. The molecule has 2 aromatic heterocycles. The third-order valence-corrected chi connectivity index (χ3v) is 7.63. The largest absolute Gasteiger partial charge is 0.354 e. The maximum Gasteiger partial charge on any atom is 0.244 e. The van der Waals surface area contributed by atoms with Crippen molar-refractivity contribution in [3.63, 3.8) is 0 Å². The van der Waals surface area contributed by atoms with E-state index < -0.39 is 10.0 Å². The van der Waals surface area contributed by atoms with Crippen LogP contribution in [0.4, 0.5) is 4.39 Å². The third-order valence-electron chi connectivity index (χ3n) is 5.85. The summed E-state index contributed by atoms with van der Waals surface area (Å²) in [6, 6.07) is 7.99. The number of sulfonamides is 1. The summed E-state index contributed by atoms with van der Waals surface area (Å²) in [5, 5.41) is 0.991. The number of allylic oxidation sites excluding steroid dienone is 1. The molecular formula is C23H28FN4O2S+. The first-order valence-corrected chi connectivity index (χ1v) is 11.8. The summed E-state index contributed by atoms with van der Waals surface area (Å²) in [5.74, 6) is 0.331. The Bertz CT molecular complexity index is 1270. The molecule has 0 amide bonds. The minimum Gasteiger partial charge on any atom is -0.354 e. The number of fused-ring (bicyclic) bond motifs is 1. The van der Waals surface area contributed by atoms with Gasteiger partial charge < -0.3 is 10.3 Å². The lowest BCUT2D eigenvalue weighted by molar-refractivity contribution is -0.353. The highest BCUT2D eigenvalue weighted by molar-refractivity contribution is 7.89. The van der Waals surface area contributed by atoms with Gasteiger partial charge in [-0.2, -0.15) is 0 Å². The SMILES string of the molecule is Cc1c(-c2cncc(S(=O)(=O)N(C)C)c2)c2cc(C3CC3)ccc2n1C/C(F)=C/C[NH3+]. The third kappa shape index (κ3) is 4.03. The Morgan fingerprint density at radius 2 is 2.03 bits per heavy atom. The lowest BCUT2D eigenvalue weighted by atomic mass is 10.0. The van der Waals surface area contributed by atoms with E-state index in [1.165, 1.54) is 49.1 Å². The highest BCUT2D eigenvalue weighted by Gasteiger charge is 2.26. The average molecular weight is 444 g/mol. The Balaban J connectivity index is 1.94. The van der Waals surface area contributed by atoms with E-state index in [4.69, 9.17) is 0 Å². The van der Waals surface area contributed by atoms with Gasteiger partial charge in [0.2, 0.25) is 10.0 Å². The second-order valence-electron chi connectivity index (χ2n) is 8.23. The van der Waals surface area contributed by atoms with Gasteiger partial charge in [-0.1, -0.05) is 6.07 Å². The fourth-order valence-electron chi connectivity index (χ4n) is 4.02. The van der Waals surface area contributed by atoms with E-state index in [9.17, 15) is 12.8 Å². The van der Waals surface area contributed by atoms with Gasteiger partial charge in [0.15, 0.2) is 0 Å². The molecule has 0 atom stereocenters. The highest BCUT2D eigenvalue weighted by Crippen LogP contribution is 2.43. The van der Waals surface area contributed by atoms with E-state index in [1.807, 2.05) is 17.6 Å². The molecule has 31 heavy (non-hydrogen) atoms. The van der Waals surface area contributed by atoms with Crippen molar-refractivity contribution in [3.05, 3.63) is 59.8 Å². The van der Waals surface area contributed by atoms with Crippen LogP contribution in [-0.2, 0) is 16.6 Å². The molecule has 2 heterocycles. The van der Waals surface area contributed by atoms with Crippen LogP contribution in [0.5, 0.6) is 0 Å². The molecule has 3 N–H and O–H groups in total. The first kappa shape index (κ1) is 21.7. The lowest BCUT2D eigenvalue weighted by Gasteiger charge is -2.12. The molecule has 0 unspecified atom stereocenters. The maximum absolute atomic E-state index is 14.4. The van der Waals surface area contributed by atoms with E-state index in [2.05, 4.69) is 22.9 Å². The Labute approximate surface area is 182 Å². The summed E-state index contributed by atoms with van der Waals surface area (Å²) < 4.78 is 42.9. The molecule has 0 bridgehead atoms. The van der Waals surface area contributed by atoms with Crippen molar-refractivity contribution in [1.29, 1.82) is 0 Å². The summed E-state index contributed by atoms with van der Waals surface area (Å²) in [6.07, 6.45) is 6.88. The number of hydrogen-bond acceptors (Lipinski definition) is 3. The van der Waals surface area contributed by atoms with E-state index >= 15 is 0 Å². The smallest absolute Gasteiger partial charge is 0.244 e. The Morgan fingerprint density at radius 1 is 1.29 bits per heavy atom. The zero-order valence-electron chi connectivity index (χ0n) is 18.1. The van der Waals surface area contributed by atoms with Gasteiger partial charge in [0.1, 0.15) is 10.7 Å².